The lowest BCUT2D eigenvalue weighted by Crippen LogP contribution is -2.20. The van der Waals surface area contributed by atoms with Gasteiger partial charge in [0.15, 0.2) is 0 Å². The molecule has 0 atom stereocenters. The van der Waals surface area contributed by atoms with Gasteiger partial charge in [0.1, 0.15) is 11.6 Å². The molecule has 0 aliphatic rings. The van der Waals surface area contributed by atoms with Gasteiger partial charge in [-0.1, -0.05) is 0 Å². The van der Waals surface area contributed by atoms with E-state index in [9.17, 15) is 4.39 Å². The second-order valence-electron chi connectivity index (χ2n) is 3.83. The first-order chi connectivity index (χ1) is 8.20. The molecule has 5 heteroatoms. The molecule has 90 valence electrons. The Morgan fingerprint density at radius 1 is 1.53 bits per heavy atom. The monoisotopic (exact) mass is 251 g/mol. The molecule has 2 N–H and O–H groups in total. The summed E-state index contributed by atoms with van der Waals surface area (Å²) in [6.07, 6.45) is 1.22. The van der Waals surface area contributed by atoms with Gasteiger partial charge in [-0.2, -0.15) is 11.3 Å². The molecule has 0 amide bonds. The topological polar surface area (TPSA) is 42.2 Å². The van der Waals surface area contributed by atoms with Crippen LogP contribution in [-0.4, -0.2) is 12.0 Å². The summed E-state index contributed by atoms with van der Waals surface area (Å²) in [7, 11) is 1.93. The molecule has 0 radical (unpaired) electrons. The van der Waals surface area contributed by atoms with Gasteiger partial charge < -0.3 is 10.6 Å². The first-order valence-corrected chi connectivity index (χ1v) is 6.21. The van der Waals surface area contributed by atoms with Gasteiger partial charge in [-0.25, -0.2) is 9.37 Å². The van der Waals surface area contributed by atoms with Crippen LogP contribution in [0.1, 0.15) is 11.1 Å². The summed E-state index contributed by atoms with van der Waals surface area (Å²) in [5, 5.41) is 4.12. The minimum Gasteiger partial charge on any atom is -0.355 e. The first kappa shape index (κ1) is 12.0. The standard InChI is InChI=1S/C12H14FN3S/c1-16(7-9-2-3-17-8-9)12-10(5-14)4-11(13)6-15-12/h2-4,6,8H,5,7,14H2,1H3. The minimum absolute atomic E-state index is 0.286. The molecular weight excluding hydrogens is 237 g/mol. The number of anilines is 1. The Morgan fingerprint density at radius 2 is 2.35 bits per heavy atom. The van der Waals surface area contributed by atoms with Gasteiger partial charge >= 0.3 is 0 Å². The van der Waals surface area contributed by atoms with Crippen LogP contribution in [0.15, 0.2) is 29.1 Å². The highest BCUT2D eigenvalue weighted by Crippen LogP contribution is 2.19. The lowest BCUT2D eigenvalue weighted by molar-refractivity contribution is 0.617. The summed E-state index contributed by atoms with van der Waals surface area (Å²) in [6.45, 7) is 1.03. The van der Waals surface area contributed by atoms with Crippen LogP contribution in [-0.2, 0) is 13.1 Å². The zero-order valence-corrected chi connectivity index (χ0v) is 10.4. The molecule has 0 saturated carbocycles. The van der Waals surface area contributed by atoms with Gasteiger partial charge in [-0.15, -0.1) is 0 Å². The average Bonchev–Trinajstić information content (AvgIpc) is 2.81. The van der Waals surface area contributed by atoms with E-state index in [4.69, 9.17) is 5.73 Å². The molecule has 0 bridgehead atoms. The molecule has 0 saturated heterocycles. The maximum Gasteiger partial charge on any atom is 0.141 e. The molecule has 0 unspecified atom stereocenters. The number of hydrogen-bond donors (Lipinski definition) is 1. The average molecular weight is 251 g/mol. The summed E-state index contributed by atoms with van der Waals surface area (Å²) in [5.41, 5.74) is 7.54. The van der Waals surface area contributed by atoms with E-state index in [-0.39, 0.29) is 12.4 Å². The Balaban J connectivity index is 2.21. The fourth-order valence-corrected chi connectivity index (χ4v) is 2.36. The first-order valence-electron chi connectivity index (χ1n) is 5.27. The van der Waals surface area contributed by atoms with Crippen LogP contribution in [0.3, 0.4) is 0 Å². The van der Waals surface area contributed by atoms with Crippen LogP contribution in [0.2, 0.25) is 0 Å². The van der Waals surface area contributed by atoms with Crippen molar-refractivity contribution in [3.63, 3.8) is 0 Å². The van der Waals surface area contributed by atoms with E-state index in [1.54, 1.807) is 11.3 Å². The van der Waals surface area contributed by atoms with E-state index in [2.05, 4.69) is 16.4 Å². The van der Waals surface area contributed by atoms with E-state index in [1.165, 1.54) is 17.8 Å². The second kappa shape index (κ2) is 5.25. The quantitative estimate of drug-likeness (QED) is 0.907. The van der Waals surface area contributed by atoms with Gasteiger partial charge in [0, 0.05) is 25.7 Å². The Kier molecular flexibility index (Phi) is 3.71. The maximum absolute atomic E-state index is 13.0. The molecule has 0 aliphatic carbocycles. The minimum atomic E-state index is -0.349. The van der Waals surface area contributed by atoms with E-state index in [0.717, 1.165) is 17.9 Å². The number of rotatable bonds is 4. The zero-order chi connectivity index (χ0) is 12.3. The van der Waals surface area contributed by atoms with Crippen molar-refractivity contribution in [3.05, 3.63) is 46.0 Å². The van der Waals surface area contributed by atoms with Crippen molar-refractivity contribution in [2.75, 3.05) is 11.9 Å². The van der Waals surface area contributed by atoms with Gasteiger partial charge in [-0.3, -0.25) is 0 Å². The molecule has 0 fully saturated rings. The summed E-state index contributed by atoms with van der Waals surface area (Å²) in [4.78, 5) is 6.08. The summed E-state index contributed by atoms with van der Waals surface area (Å²) < 4.78 is 13.0. The molecule has 0 aliphatic heterocycles. The highest BCUT2D eigenvalue weighted by Gasteiger charge is 2.10. The molecule has 2 heterocycles. The third kappa shape index (κ3) is 2.81. The summed E-state index contributed by atoms with van der Waals surface area (Å²) in [6, 6.07) is 3.50. The number of nitrogens with two attached hydrogens (primary N) is 1. The fraction of sp³-hybridized carbons (Fsp3) is 0.250. The van der Waals surface area contributed by atoms with Gasteiger partial charge in [0.2, 0.25) is 0 Å². The van der Waals surface area contributed by atoms with Crippen molar-refractivity contribution >= 4 is 17.2 Å². The molecule has 2 aromatic rings. The Morgan fingerprint density at radius 3 is 3.00 bits per heavy atom. The molecule has 2 rings (SSSR count). The van der Waals surface area contributed by atoms with Gasteiger partial charge in [-0.05, 0) is 28.5 Å². The summed E-state index contributed by atoms with van der Waals surface area (Å²) in [5.74, 6) is 0.387. The third-order valence-corrected chi connectivity index (χ3v) is 3.22. The van der Waals surface area contributed by atoms with E-state index in [1.807, 2.05) is 17.3 Å². The van der Waals surface area contributed by atoms with Crippen molar-refractivity contribution in [3.8, 4) is 0 Å². The van der Waals surface area contributed by atoms with Crippen molar-refractivity contribution in [2.24, 2.45) is 5.73 Å². The van der Waals surface area contributed by atoms with Crippen LogP contribution in [0.4, 0.5) is 10.2 Å². The zero-order valence-electron chi connectivity index (χ0n) is 9.56. The smallest absolute Gasteiger partial charge is 0.141 e. The highest BCUT2D eigenvalue weighted by atomic mass is 32.1. The predicted octanol–water partition coefficient (Wildman–Crippen LogP) is 2.38. The number of nitrogens with zero attached hydrogens (tertiary/aromatic N) is 2. The van der Waals surface area contributed by atoms with Crippen molar-refractivity contribution in [2.45, 2.75) is 13.1 Å². The molecule has 0 aromatic carbocycles. The normalized spacial score (nSPS) is 10.5. The fourth-order valence-electron chi connectivity index (χ4n) is 1.70. The predicted molar refractivity (Wildman–Crippen MR) is 68.5 cm³/mol. The lowest BCUT2D eigenvalue weighted by Gasteiger charge is -2.20. The number of aromatic nitrogens is 1. The van der Waals surface area contributed by atoms with Crippen LogP contribution >= 0.6 is 11.3 Å². The highest BCUT2D eigenvalue weighted by molar-refractivity contribution is 7.07. The maximum atomic E-state index is 13.0. The van der Waals surface area contributed by atoms with Crippen LogP contribution in [0.25, 0.3) is 0 Å². The number of halogens is 1. The molecule has 0 spiro atoms. The number of hydrogen-bond acceptors (Lipinski definition) is 4. The second-order valence-corrected chi connectivity index (χ2v) is 4.61. The van der Waals surface area contributed by atoms with E-state index < -0.39 is 0 Å². The van der Waals surface area contributed by atoms with Crippen molar-refractivity contribution in [1.82, 2.24) is 4.98 Å². The van der Waals surface area contributed by atoms with Crippen LogP contribution in [0, 0.1) is 5.82 Å². The van der Waals surface area contributed by atoms with Crippen LogP contribution < -0.4 is 10.6 Å². The van der Waals surface area contributed by atoms with Crippen LogP contribution in [0.5, 0.6) is 0 Å². The largest absolute Gasteiger partial charge is 0.355 e. The van der Waals surface area contributed by atoms with Gasteiger partial charge in [0.25, 0.3) is 0 Å². The Labute approximate surface area is 104 Å². The molecule has 2 aromatic heterocycles. The van der Waals surface area contributed by atoms with E-state index >= 15 is 0 Å². The Bertz CT molecular complexity index is 485. The van der Waals surface area contributed by atoms with E-state index in [0.29, 0.717) is 0 Å². The molecule has 17 heavy (non-hydrogen) atoms. The third-order valence-electron chi connectivity index (χ3n) is 2.49. The number of pyridine rings is 1. The molecule has 3 nitrogen and oxygen atoms in total. The van der Waals surface area contributed by atoms with Crippen molar-refractivity contribution < 1.29 is 4.39 Å². The molecular formula is C12H14FN3S. The summed E-state index contributed by atoms with van der Waals surface area (Å²) >= 11 is 1.66. The SMILES string of the molecule is CN(Cc1ccsc1)c1ncc(F)cc1CN. The lowest BCUT2D eigenvalue weighted by atomic mass is 10.2. The van der Waals surface area contributed by atoms with Crippen molar-refractivity contribution in [1.29, 1.82) is 0 Å². The number of thiophene rings is 1. The van der Waals surface area contributed by atoms with Gasteiger partial charge in [0.05, 0.1) is 6.20 Å². The Hall–Kier alpha value is -1.46.